The van der Waals surface area contributed by atoms with Crippen molar-refractivity contribution in [3.63, 3.8) is 0 Å². The van der Waals surface area contributed by atoms with Gasteiger partial charge in [-0.25, -0.2) is 4.79 Å². The lowest BCUT2D eigenvalue weighted by Gasteiger charge is -2.37. The first kappa shape index (κ1) is 21.7. The molecule has 2 N–H and O–H groups in total. The van der Waals surface area contributed by atoms with Gasteiger partial charge in [-0.1, -0.05) is 34.1 Å². The normalized spacial score (nSPS) is 14.9. The first-order valence-corrected chi connectivity index (χ1v) is 8.47. The van der Waals surface area contributed by atoms with E-state index >= 15 is 0 Å². The van der Waals surface area contributed by atoms with Gasteiger partial charge in [0.1, 0.15) is 5.60 Å². The van der Waals surface area contributed by atoms with Crippen molar-refractivity contribution in [1.82, 2.24) is 5.32 Å². The minimum absolute atomic E-state index is 0.0327. The van der Waals surface area contributed by atoms with E-state index in [9.17, 15) is 9.59 Å². The topological polar surface area (TPSA) is 75.6 Å². The standard InChI is InChI=1S/C18H35NO4/c1-8-18(7,13-17(5,6)10-9-14(20)21)11-12-19-15(22)23-16(2,3)4/h8-13H2,1-7H3,(H,19,22)(H,20,21). The third-order valence-corrected chi connectivity index (χ3v) is 4.17. The van der Waals surface area contributed by atoms with Crippen molar-refractivity contribution < 1.29 is 19.4 Å². The van der Waals surface area contributed by atoms with Gasteiger partial charge in [0.2, 0.25) is 0 Å². The van der Waals surface area contributed by atoms with E-state index < -0.39 is 11.6 Å². The number of carboxylic acid groups (broad SMARTS) is 1. The average Bonchev–Trinajstić information content (AvgIpc) is 2.33. The SMILES string of the molecule is CCC(C)(CCNC(=O)OC(C)(C)C)CC(C)(C)CCC(=O)O. The second-order valence-electron chi connectivity index (χ2n) is 8.58. The summed E-state index contributed by atoms with van der Waals surface area (Å²) in [7, 11) is 0. The number of nitrogens with one attached hydrogen (secondary N) is 1. The molecule has 1 unspecified atom stereocenters. The van der Waals surface area contributed by atoms with Gasteiger partial charge in [-0.05, 0) is 50.9 Å². The summed E-state index contributed by atoms with van der Waals surface area (Å²) in [4.78, 5) is 22.5. The van der Waals surface area contributed by atoms with Crippen LogP contribution in [0.5, 0.6) is 0 Å². The molecule has 0 aliphatic carbocycles. The Bertz CT molecular complexity index is 398. The molecular weight excluding hydrogens is 294 g/mol. The average molecular weight is 329 g/mol. The van der Waals surface area contributed by atoms with E-state index in [1.54, 1.807) is 0 Å². The molecule has 0 heterocycles. The summed E-state index contributed by atoms with van der Waals surface area (Å²) in [6.07, 6.45) is 3.24. The molecule has 1 atom stereocenters. The number of aliphatic carboxylic acids is 1. The maximum Gasteiger partial charge on any atom is 0.407 e. The highest BCUT2D eigenvalue weighted by Gasteiger charge is 2.31. The van der Waals surface area contributed by atoms with Crippen LogP contribution in [-0.4, -0.2) is 29.3 Å². The number of rotatable bonds is 9. The third kappa shape index (κ3) is 11.0. The van der Waals surface area contributed by atoms with E-state index in [1.807, 2.05) is 20.8 Å². The second-order valence-corrected chi connectivity index (χ2v) is 8.58. The Kier molecular flexibility index (Phi) is 8.08. The molecule has 0 aromatic rings. The third-order valence-electron chi connectivity index (χ3n) is 4.17. The number of carbonyl (C=O) groups excluding carboxylic acids is 1. The smallest absolute Gasteiger partial charge is 0.407 e. The fourth-order valence-corrected chi connectivity index (χ4v) is 2.86. The van der Waals surface area contributed by atoms with Crippen LogP contribution >= 0.6 is 0 Å². The van der Waals surface area contributed by atoms with Gasteiger partial charge in [-0.15, -0.1) is 0 Å². The zero-order valence-corrected chi connectivity index (χ0v) is 15.9. The maximum absolute atomic E-state index is 11.7. The molecule has 0 spiro atoms. The molecule has 0 aromatic heterocycles. The first-order valence-electron chi connectivity index (χ1n) is 8.47. The predicted molar refractivity (Wildman–Crippen MR) is 92.5 cm³/mol. The number of alkyl carbamates (subject to hydrolysis) is 1. The van der Waals surface area contributed by atoms with Crippen molar-refractivity contribution in [3.8, 4) is 0 Å². The Morgan fingerprint density at radius 3 is 2.04 bits per heavy atom. The van der Waals surface area contributed by atoms with E-state index in [1.165, 1.54) is 0 Å². The molecule has 5 heteroatoms. The van der Waals surface area contributed by atoms with Crippen LogP contribution < -0.4 is 5.32 Å². The van der Waals surface area contributed by atoms with Gasteiger partial charge in [0.15, 0.2) is 0 Å². The van der Waals surface area contributed by atoms with E-state index in [2.05, 4.69) is 33.0 Å². The molecule has 0 saturated carbocycles. The first-order chi connectivity index (χ1) is 10.3. The van der Waals surface area contributed by atoms with Crippen LogP contribution in [0.3, 0.4) is 0 Å². The minimum Gasteiger partial charge on any atom is -0.481 e. The monoisotopic (exact) mass is 329 g/mol. The van der Waals surface area contributed by atoms with Crippen molar-refractivity contribution in [3.05, 3.63) is 0 Å². The quantitative estimate of drug-likeness (QED) is 0.648. The lowest BCUT2D eigenvalue weighted by molar-refractivity contribution is -0.137. The highest BCUT2D eigenvalue weighted by Crippen LogP contribution is 2.41. The summed E-state index contributed by atoms with van der Waals surface area (Å²) in [5, 5.41) is 11.7. The van der Waals surface area contributed by atoms with Crippen molar-refractivity contribution in [2.75, 3.05) is 6.54 Å². The Balaban J connectivity index is 4.44. The summed E-state index contributed by atoms with van der Waals surface area (Å²) in [6, 6.07) is 0. The van der Waals surface area contributed by atoms with E-state index in [4.69, 9.17) is 9.84 Å². The summed E-state index contributed by atoms with van der Waals surface area (Å²) in [5.74, 6) is -0.747. The van der Waals surface area contributed by atoms with Gasteiger partial charge in [0.05, 0.1) is 0 Å². The predicted octanol–water partition coefficient (Wildman–Crippen LogP) is 4.60. The Hall–Kier alpha value is -1.26. The van der Waals surface area contributed by atoms with E-state index in [0.717, 1.165) is 19.3 Å². The molecular formula is C18H35NO4. The fraction of sp³-hybridized carbons (Fsp3) is 0.889. The Morgan fingerprint density at radius 1 is 1.04 bits per heavy atom. The van der Waals surface area contributed by atoms with Gasteiger partial charge in [-0.2, -0.15) is 0 Å². The molecule has 23 heavy (non-hydrogen) atoms. The molecule has 0 rings (SSSR count). The molecule has 0 fully saturated rings. The second kappa shape index (κ2) is 8.55. The van der Waals surface area contributed by atoms with Crippen LogP contribution in [-0.2, 0) is 9.53 Å². The summed E-state index contributed by atoms with van der Waals surface area (Å²) < 4.78 is 5.24. The summed E-state index contributed by atoms with van der Waals surface area (Å²) >= 11 is 0. The highest BCUT2D eigenvalue weighted by atomic mass is 16.6. The van der Waals surface area contributed by atoms with Crippen LogP contribution in [0, 0.1) is 10.8 Å². The highest BCUT2D eigenvalue weighted by molar-refractivity contribution is 5.67. The molecule has 0 bridgehead atoms. The lowest BCUT2D eigenvalue weighted by Crippen LogP contribution is -2.35. The molecule has 0 radical (unpaired) electrons. The zero-order valence-electron chi connectivity index (χ0n) is 15.9. The number of hydrogen-bond donors (Lipinski definition) is 2. The summed E-state index contributed by atoms with van der Waals surface area (Å²) in [6.45, 7) is 14.7. The van der Waals surface area contributed by atoms with Crippen LogP contribution in [0.25, 0.3) is 0 Å². The lowest BCUT2D eigenvalue weighted by atomic mass is 9.69. The van der Waals surface area contributed by atoms with Crippen molar-refractivity contribution in [2.24, 2.45) is 10.8 Å². The van der Waals surface area contributed by atoms with Crippen LogP contribution in [0.1, 0.15) is 80.6 Å². The maximum atomic E-state index is 11.7. The number of ether oxygens (including phenoxy) is 1. The van der Waals surface area contributed by atoms with E-state index in [0.29, 0.717) is 13.0 Å². The molecule has 0 aliphatic rings. The zero-order chi connectivity index (χ0) is 18.3. The van der Waals surface area contributed by atoms with Crippen molar-refractivity contribution in [2.45, 2.75) is 86.2 Å². The summed E-state index contributed by atoms with van der Waals surface area (Å²) in [5.41, 5.74) is -0.455. The molecule has 0 aliphatic heterocycles. The number of hydrogen-bond acceptors (Lipinski definition) is 3. The van der Waals surface area contributed by atoms with Gasteiger partial charge in [0, 0.05) is 13.0 Å². The molecule has 0 saturated heterocycles. The number of carboxylic acids is 1. The van der Waals surface area contributed by atoms with Crippen molar-refractivity contribution >= 4 is 12.1 Å². The fourth-order valence-electron chi connectivity index (χ4n) is 2.86. The number of amides is 1. The van der Waals surface area contributed by atoms with Gasteiger partial charge in [0.25, 0.3) is 0 Å². The minimum atomic E-state index is -0.747. The van der Waals surface area contributed by atoms with Crippen LogP contribution in [0.4, 0.5) is 4.79 Å². The van der Waals surface area contributed by atoms with Gasteiger partial charge < -0.3 is 15.2 Å². The van der Waals surface area contributed by atoms with Crippen LogP contribution in [0.15, 0.2) is 0 Å². The largest absolute Gasteiger partial charge is 0.481 e. The Morgan fingerprint density at radius 2 is 1.61 bits per heavy atom. The molecule has 136 valence electrons. The van der Waals surface area contributed by atoms with Crippen LogP contribution in [0.2, 0.25) is 0 Å². The van der Waals surface area contributed by atoms with Crippen molar-refractivity contribution in [1.29, 1.82) is 0 Å². The Labute approximate surface area is 141 Å². The molecule has 1 amide bonds. The van der Waals surface area contributed by atoms with Gasteiger partial charge >= 0.3 is 12.1 Å². The van der Waals surface area contributed by atoms with Gasteiger partial charge in [-0.3, -0.25) is 4.79 Å². The molecule has 0 aromatic carbocycles. The number of carbonyl (C=O) groups is 2. The van der Waals surface area contributed by atoms with E-state index in [-0.39, 0.29) is 23.3 Å². The molecule has 5 nitrogen and oxygen atoms in total.